The molecule has 1 unspecified atom stereocenters. The van der Waals surface area contributed by atoms with Gasteiger partial charge in [0.2, 0.25) is 0 Å². The zero-order chi connectivity index (χ0) is 14.6. The average Bonchev–Trinajstić information content (AvgIpc) is 2.75. The van der Waals surface area contributed by atoms with Crippen molar-refractivity contribution in [3.05, 3.63) is 11.9 Å². The van der Waals surface area contributed by atoms with Crippen LogP contribution in [0.2, 0.25) is 0 Å². The highest BCUT2D eigenvalue weighted by Gasteiger charge is 2.28. The van der Waals surface area contributed by atoms with Crippen molar-refractivity contribution in [2.75, 3.05) is 35.8 Å². The molecular weight excluding hydrogens is 280 g/mol. The Kier molecular flexibility index (Phi) is 4.77. The Morgan fingerprint density at radius 1 is 1.40 bits per heavy atom. The van der Waals surface area contributed by atoms with Gasteiger partial charge in [0, 0.05) is 25.8 Å². The second kappa shape index (κ2) is 6.36. The van der Waals surface area contributed by atoms with E-state index in [2.05, 4.69) is 20.6 Å². The Morgan fingerprint density at radius 3 is 2.75 bits per heavy atom. The minimum absolute atomic E-state index is 0.0838. The first-order chi connectivity index (χ1) is 9.52. The summed E-state index contributed by atoms with van der Waals surface area (Å²) in [7, 11) is -1.13. The van der Waals surface area contributed by atoms with Gasteiger partial charge in [-0.1, -0.05) is 0 Å². The molecule has 2 N–H and O–H groups in total. The number of sulfone groups is 1. The Balaban J connectivity index is 2.10. The highest BCUT2D eigenvalue weighted by Crippen LogP contribution is 2.18. The lowest BCUT2D eigenvalue weighted by molar-refractivity contribution is 0.128. The van der Waals surface area contributed by atoms with Gasteiger partial charge < -0.3 is 15.4 Å². The highest BCUT2D eigenvalue weighted by molar-refractivity contribution is 7.91. The molecule has 0 spiro atoms. The van der Waals surface area contributed by atoms with Crippen LogP contribution in [0, 0.1) is 0 Å². The number of ether oxygens (including phenoxy) is 1. The van der Waals surface area contributed by atoms with E-state index < -0.39 is 9.84 Å². The van der Waals surface area contributed by atoms with E-state index in [1.54, 1.807) is 13.1 Å². The zero-order valence-corrected chi connectivity index (χ0v) is 12.5. The molecule has 1 aromatic rings. The van der Waals surface area contributed by atoms with Crippen LogP contribution in [0.5, 0.6) is 0 Å². The molecule has 112 valence electrons. The van der Waals surface area contributed by atoms with Crippen molar-refractivity contribution in [1.29, 1.82) is 0 Å². The molecule has 7 nitrogen and oxygen atoms in total. The molecule has 0 amide bonds. The van der Waals surface area contributed by atoms with Crippen LogP contribution >= 0.6 is 0 Å². The molecular formula is C12H20N4O3S. The topological polar surface area (TPSA) is 93.2 Å². The van der Waals surface area contributed by atoms with Crippen molar-refractivity contribution in [2.24, 2.45) is 0 Å². The van der Waals surface area contributed by atoms with Crippen molar-refractivity contribution in [2.45, 2.75) is 26.0 Å². The van der Waals surface area contributed by atoms with Gasteiger partial charge in [0.15, 0.2) is 15.7 Å². The van der Waals surface area contributed by atoms with E-state index in [0.717, 1.165) is 0 Å². The molecule has 0 aliphatic carbocycles. The Morgan fingerprint density at radius 2 is 2.15 bits per heavy atom. The van der Waals surface area contributed by atoms with Gasteiger partial charge in [-0.25, -0.2) is 18.4 Å². The van der Waals surface area contributed by atoms with Crippen molar-refractivity contribution < 1.29 is 13.2 Å². The van der Waals surface area contributed by atoms with Crippen molar-refractivity contribution in [3.63, 3.8) is 0 Å². The van der Waals surface area contributed by atoms with Crippen LogP contribution in [0.25, 0.3) is 0 Å². The van der Waals surface area contributed by atoms with Crippen LogP contribution in [-0.2, 0) is 21.2 Å². The molecule has 2 heterocycles. The molecule has 1 atom stereocenters. The van der Waals surface area contributed by atoms with Crippen molar-refractivity contribution in [3.8, 4) is 0 Å². The third kappa shape index (κ3) is 4.04. The second-order valence-corrected chi connectivity index (χ2v) is 6.91. The fourth-order valence-electron chi connectivity index (χ4n) is 2.08. The standard InChI is InChI=1S/C12H20N4O3S/c1-3-19-7-12-15-10(13-2)6-11(16-12)14-9-4-5-20(17,18)8-9/h6,9H,3-5,7-8H2,1-2H3,(H2,13,14,15,16). The first-order valence-corrected chi connectivity index (χ1v) is 8.45. The maximum atomic E-state index is 11.5. The van der Waals surface area contributed by atoms with Crippen molar-refractivity contribution in [1.82, 2.24) is 9.97 Å². The first-order valence-electron chi connectivity index (χ1n) is 6.63. The number of nitrogens with one attached hydrogen (secondary N) is 2. The normalized spacial score (nSPS) is 20.8. The molecule has 8 heteroatoms. The van der Waals surface area contributed by atoms with Crippen LogP contribution in [0.1, 0.15) is 19.2 Å². The lowest BCUT2D eigenvalue weighted by Crippen LogP contribution is -2.22. The molecule has 1 saturated heterocycles. The number of aromatic nitrogens is 2. The Bertz CT molecular complexity index is 562. The van der Waals surface area contributed by atoms with E-state index in [4.69, 9.17) is 4.74 Å². The molecule has 2 rings (SSSR count). The fourth-order valence-corrected chi connectivity index (χ4v) is 3.75. The summed E-state index contributed by atoms with van der Waals surface area (Å²) in [6, 6.07) is 1.68. The summed E-state index contributed by atoms with van der Waals surface area (Å²) in [5.41, 5.74) is 0. The summed E-state index contributed by atoms with van der Waals surface area (Å²) in [6.45, 7) is 2.84. The number of anilines is 2. The number of hydrogen-bond donors (Lipinski definition) is 2. The maximum absolute atomic E-state index is 11.5. The molecule has 0 aromatic carbocycles. The highest BCUT2D eigenvalue weighted by atomic mass is 32.2. The molecule has 0 radical (unpaired) electrons. The monoisotopic (exact) mass is 300 g/mol. The van der Waals surface area contributed by atoms with Gasteiger partial charge in [0.1, 0.15) is 18.2 Å². The lowest BCUT2D eigenvalue weighted by Gasteiger charge is -2.13. The van der Waals surface area contributed by atoms with Crippen LogP contribution < -0.4 is 10.6 Å². The molecule has 1 aliphatic rings. The Labute approximate surface area is 119 Å². The second-order valence-electron chi connectivity index (χ2n) is 4.69. The molecule has 0 bridgehead atoms. The van der Waals surface area contributed by atoms with E-state index in [-0.39, 0.29) is 17.5 Å². The number of nitrogens with zero attached hydrogens (tertiary/aromatic N) is 2. The van der Waals surface area contributed by atoms with E-state index in [0.29, 0.717) is 37.1 Å². The lowest BCUT2D eigenvalue weighted by atomic mass is 10.2. The zero-order valence-electron chi connectivity index (χ0n) is 11.7. The number of rotatable bonds is 6. The molecule has 1 aliphatic heterocycles. The summed E-state index contributed by atoms with van der Waals surface area (Å²) in [5.74, 6) is 2.27. The Hall–Kier alpha value is -1.41. The molecule has 0 saturated carbocycles. The number of hydrogen-bond acceptors (Lipinski definition) is 7. The third-order valence-electron chi connectivity index (χ3n) is 3.05. The van der Waals surface area contributed by atoms with Gasteiger partial charge in [-0.3, -0.25) is 0 Å². The van der Waals surface area contributed by atoms with Gasteiger partial charge in [-0.2, -0.15) is 0 Å². The smallest absolute Gasteiger partial charge is 0.158 e. The first kappa shape index (κ1) is 15.0. The summed E-state index contributed by atoms with van der Waals surface area (Å²) in [4.78, 5) is 8.64. The predicted octanol–water partition coefficient (Wildman–Crippen LogP) is 0.654. The fraction of sp³-hybridized carbons (Fsp3) is 0.667. The van der Waals surface area contributed by atoms with Crippen LogP contribution in [0.15, 0.2) is 6.07 Å². The van der Waals surface area contributed by atoms with E-state index in [9.17, 15) is 8.42 Å². The van der Waals surface area contributed by atoms with E-state index in [1.165, 1.54) is 0 Å². The summed E-state index contributed by atoms with van der Waals surface area (Å²) in [6.07, 6.45) is 0.613. The summed E-state index contributed by atoms with van der Waals surface area (Å²) < 4.78 is 28.2. The molecule has 1 fully saturated rings. The minimum Gasteiger partial charge on any atom is -0.374 e. The van der Waals surface area contributed by atoms with Crippen LogP contribution in [-0.4, -0.2) is 49.6 Å². The quantitative estimate of drug-likeness (QED) is 0.797. The summed E-state index contributed by atoms with van der Waals surface area (Å²) >= 11 is 0. The largest absolute Gasteiger partial charge is 0.374 e. The van der Waals surface area contributed by atoms with E-state index >= 15 is 0 Å². The van der Waals surface area contributed by atoms with Crippen LogP contribution in [0.4, 0.5) is 11.6 Å². The minimum atomic E-state index is -2.90. The van der Waals surface area contributed by atoms with Crippen molar-refractivity contribution >= 4 is 21.5 Å². The third-order valence-corrected chi connectivity index (χ3v) is 4.82. The SMILES string of the molecule is CCOCc1nc(NC)cc(NC2CCS(=O)(=O)C2)n1. The van der Waals surface area contributed by atoms with E-state index in [1.807, 2.05) is 6.92 Å². The van der Waals surface area contributed by atoms with Crippen LogP contribution in [0.3, 0.4) is 0 Å². The van der Waals surface area contributed by atoms with Gasteiger partial charge in [-0.05, 0) is 13.3 Å². The molecule has 20 heavy (non-hydrogen) atoms. The van der Waals surface area contributed by atoms with Gasteiger partial charge in [-0.15, -0.1) is 0 Å². The maximum Gasteiger partial charge on any atom is 0.158 e. The van der Waals surface area contributed by atoms with Gasteiger partial charge >= 0.3 is 0 Å². The average molecular weight is 300 g/mol. The van der Waals surface area contributed by atoms with Gasteiger partial charge in [0.25, 0.3) is 0 Å². The predicted molar refractivity (Wildman–Crippen MR) is 77.6 cm³/mol. The molecule has 1 aromatic heterocycles. The van der Waals surface area contributed by atoms with Gasteiger partial charge in [0.05, 0.1) is 11.5 Å². The summed E-state index contributed by atoms with van der Waals surface area (Å²) in [5, 5.41) is 6.12.